The molecule has 2 heteroatoms. The Labute approximate surface area is 97.9 Å². The minimum atomic E-state index is -0.151. The highest BCUT2D eigenvalue weighted by Crippen LogP contribution is 2.26. The van der Waals surface area contributed by atoms with Gasteiger partial charge in [0, 0.05) is 18.8 Å². The third-order valence-electron chi connectivity index (χ3n) is 3.26. The third kappa shape index (κ3) is 2.38. The fourth-order valence-electron chi connectivity index (χ4n) is 2.15. The van der Waals surface area contributed by atoms with E-state index in [4.69, 9.17) is 0 Å². The lowest BCUT2D eigenvalue weighted by atomic mass is 9.87. The summed E-state index contributed by atoms with van der Waals surface area (Å²) in [6.07, 6.45) is 0.739. The molecule has 0 aliphatic carbocycles. The van der Waals surface area contributed by atoms with Crippen molar-refractivity contribution in [2.75, 3.05) is 18.0 Å². The Morgan fingerprint density at radius 1 is 1.19 bits per heavy atom. The molecule has 1 N–H and O–H groups in total. The van der Waals surface area contributed by atoms with Crippen molar-refractivity contribution in [3.8, 4) is 0 Å². The van der Waals surface area contributed by atoms with E-state index in [9.17, 15) is 5.11 Å². The molecule has 2 rings (SSSR count). The summed E-state index contributed by atoms with van der Waals surface area (Å²) in [6, 6.07) is 8.72. The molecule has 0 amide bonds. The molecule has 1 aliphatic heterocycles. The normalized spacial score (nSPS) is 21.5. The lowest BCUT2D eigenvalue weighted by Gasteiger charge is -2.22. The first kappa shape index (κ1) is 11.5. The summed E-state index contributed by atoms with van der Waals surface area (Å²) in [5.41, 5.74) is 2.80. The van der Waals surface area contributed by atoms with E-state index in [0.29, 0.717) is 0 Å². The minimum absolute atomic E-state index is 0.151. The first-order chi connectivity index (χ1) is 7.47. The van der Waals surface area contributed by atoms with Crippen LogP contribution in [-0.2, 0) is 5.41 Å². The largest absolute Gasteiger partial charge is 0.391 e. The zero-order chi connectivity index (χ0) is 11.8. The van der Waals surface area contributed by atoms with Gasteiger partial charge in [0.15, 0.2) is 0 Å². The average Bonchev–Trinajstić information content (AvgIpc) is 2.64. The van der Waals surface area contributed by atoms with E-state index in [2.05, 4.69) is 49.9 Å². The molecule has 1 aromatic carbocycles. The average molecular weight is 219 g/mol. The van der Waals surface area contributed by atoms with E-state index in [0.717, 1.165) is 19.5 Å². The Balaban J connectivity index is 2.14. The molecule has 0 spiro atoms. The molecule has 0 aromatic heterocycles. The number of aliphatic hydroxyl groups is 1. The molecule has 1 atom stereocenters. The highest BCUT2D eigenvalue weighted by molar-refractivity contribution is 5.49. The molecule has 1 unspecified atom stereocenters. The summed E-state index contributed by atoms with van der Waals surface area (Å²) >= 11 is 0. The van der Waals surface area contributed by atoms with E-state index in [1.165, 1.54) is 11.3 Å². The van der Waals surface area contributed by atoms with E-state index in [-0.39, 0.29) is 11.5 Å². The molecule has 0 bridgehead atoms. The number of hydrogen-bond donors (Lipinski definition) is 1. The van der Waals surface area contributed by atoms with Gasteiger partial charge in [0.25, 0.3) is 0 Å². The standard InChI is InChI=1S/C14H21NO/c1-14(2,3)11-4-6-12(7-5-11)15-9-8-13(16)10-15/h4-7,13,16H,8-10H2,1-3H3. The molecule has 0 radical (unpaired) electrons. The second-order valence-corrected chi connectivity index (χ2v) is 5.69. The number of rotatable bonds is 1. The first-order valence-corrected chi connectivity index (χ1v) is 6.00. The second-order valence-electron chi connectivity index (χ2n) is 5.69. The van der Waals surface area contributed by atoms with Crippen molar-refractivity contribution in [2.45, 2.75) is 38.7 Å². The van der Waals surface area contributed by atoms with Gasteiger partial charge in [-0.15, -0.1) is 0 Å². The van der Waals surface area contributed by atoms with Crippen LogP contribution in [0.3, 0.4) is 0 Å². The van der Waals surface area contributed by atoms with Crippen LogP contribution in [0.4, 0.5) is 5.69 Å². The maximum atomic E-state index is 9.50. The van der Waals surface area contributed by atoms with Crippen LogP contribution in [0.5, 0.6) is 0 Å². The molecular formula is C14H21NO. The Morgan fingerprint density at radius 3 is 2.25 bits per heavy atom. The lowest BCUT2D eigenvalue weighted by Crippen LogP contribution is -2.21. The van der Waals surface area contributed by atoms with Crippen LogP contribution in [0.2, 0.25) is 0 Å². The van der Waals surface area contributed by atoms with Crippen LogP contribution in [0.25, 0.3) is 0 Å². The zero-order valence-electron chi connectivity index (χ0n) is 10.4. The molecular weight excluding hydrogens is 198 g/mol. The van der Waals surface area contributed by atoms with Crippen LogP contribution in [0.15, 0.2) is 24.3 Å². The minimum Gasteiger partial charge on any atom is -0.391 e. The molecule has 1 aromatic rings. The van der Waals surface area contributed by atoms with Gasteiger partial charge in [0.1, 0.15) is 0 Å². The van der Waals surface area contributed by atoms with E-state index >= 15 is 0 Å². The van der Waals surface area contributed by atoms with Gasteiger partial charge in [-0.3, -0.25) is 0 Å². The fraction of sp³-hybridized carbons (Fsp3) is 0.571. The van der Waals surface area contributed by atoms with Crippen LogP contribution in [0, 0.1) is 0 Å². The highest BCUT2D eigenvalue weighted by atomic mass is 16.3. The molecule has 0 saturated carbocycles. The predicted molar refractivity (Wildman–Crippen MR) is 68.0 cm³/mol. The summed E-state index contributed by atoms with van der Waals surface area (Å²) in [4.78, 5) is 2.25. The molecule has 1 heterocycles. The highest BCUT2D eigenvalue weighted by Gasteiger charge is 2.20. The van der Waals surface area contributed by atoms with Gasteiger partial charge in [-0.1, -0.05) is 32.9 Å². The molecule has 1 saturated heterocycles. The zero-order valence-corrected chi connectivity index (χ0v) is 10.4. The van der Waals surface area contributed by atoms with E-state index in [1.807, 2.05) is 0 Å². The van der Waals surface area contributed by atoms with Gasteiger partial charge in [-0.2, -0.15) is 0 Å². The number of aliphatic hydroxyl groups excluding tert-OH is 1. The van der Waals surface area contributed by atoms with Gasteiger partial charge in [-0.25, -0.2) is 0 Å². The maximum Gasteiger partial charge on any atom is 0.0731 e. The van der Waals surface area contributed by atoms with Gasteiger partial charge in [0.2, 0.25) is 0 Å². The van der Waals surface area contributed by atoms with E-state index < -0.39 is 0 Å². The van der Waals surface area contributed by atoms with Crippen molar-refractivity contribution < 1.29 is 5.11 Å². The lowest BCUT2D eigenvalue weighted by molar-refractivity contribution is 0.198. The fourth-order valence-corrected chi connectivity index (χ4v) is 2.15. The van der Waals surface area contributed by atoms with Crippen molar-refractivity contribution in [1.29, 1.82) is 0 Å². The van der Waals surface area contributed by atoms with Gasteiger partial charge in [-0.05, 0) is 29.5 Å². The molecule has 88 valence electrons. The van der Waals surface area contributed by atoms with Crippen molar-refractivity contribution >= 4 is 5.69 Å². The summed E-state index contributed by atoms with van der Waals surface area (Å²) in [5, 5.41) is 9.50. The topological polar surface area (TPSA) is 23.5 Å². The Morgan fingerprint density at radius 2 is 1.81 bits per heavy atom. The number of hydrogen-bond acceptors (Lipinski definition) is 2. The van der Waals surface area contributed by atoms with Gasteiger partial charge < -0.3 is 10.0 Å². The summed E-state index contributed by atoms with van der Waals surface area (Å²) in [7, 11) is 0. The van der Waals surface area contributed by atoms with Crippen LogP contribution < -0.4 is 4.90 Å². The quantitative estimate of drug-likeness (QED) is 0.784. The Kier molecular flexibility index (Phi) is 2.94. The monoisotopic (exact) mass is 219 g/mol. The second kappa shape index (κ2) is 4.10. The molecule has 16 heavy (non-hydrogen) atoms. The number of benzene rings is 1. The summed E-state index contributed by atoms with van der Waals surface area (Å²) in [5.74, 6) is 0. The van der Waals surface area contributed by atoms with Crippen molar-refractivity contribution in [3.63, 3.8) is 0 Å². The first-order valence-electron chi connectivity index (χ1n) is 6.00. The Bertz CT molecular complexity index is 350. The Hall–Kier alpha value is -1.02. The summed E-state index contributed by atoms with van der Waals surface area (Å²) < 4.78 is 0. The number of β-amino-alcohol motifs (C(OH)–C–C–N with tert-alkyl or cyclic N) is 1. The number of anilines is 1. The smallest absolute Gasteiger partial charge is 0.0731 e. The van der Waals surface area contributed by atoms with Crippen LogP contribution in [0.1, 0.15) is 32.8 Å². The number of nitrogens with zero attached hydrogens (tertiary/aromatic N) is 1. The predicted octanol–water partition coefficient (Wildman–Crippen LogP) is 2.56. The SMILES string of the molecule is CC(C)(C)c1ccc(N2CCC(O)C2)cc1. The molecule has 1 aliphatic rings. The van der Waals surface area contributed by atoms with Gasteiger partial charge in [0.05, 0.1) is 6.10 Å². The maximum absolute atomic E-state index is 9.50. The van der Waals surface area contributed by atoms with Crippen molar-refractivity contribution in [1.82, 2.24) is 0 Å². The van der Waals surface area contributed by atoms with E-state index in [1.54, 1.807) is 0 Å². The van der Waals surface area contributed by atoms with Gasteiger partial charge >= 0.3 is 0 Å². The van der Waals surface area contributed by atoms with Crippen molar-refractivity contribution in [3.05, 3.63) is 29.8 Å². The van der Waals surface area contributed by atoms with Crippen molar-refractivity contribution in [2.24, 2.45) is 0 Å². The van der Waals surface area contributed by atoms with Crippen LogP contribution >= 0.6 is 0 Å². The third-order valence-corrected chi connectivity index (χ3v) is 3.26. The molecule has 2 nitrogen and oxygen atoms in total. The van der Waals surface area contributed by atoms with Crippen LogP contribution in [-0.4, -0.2) is 24.3 Å². The molecule has 1 fully saturated rings. The summed E-state index contributed by atoms with van der Waals surface area (Å²) in [6.45, 7) is 8.41.